The second-order valence-corrected chi connectivity index (χ2v) is 5.11. The molecule has 0 unspecified atom stereocenters. The number of carbonyl (C=O) groups is 1. The molecule has 108 valence electrons. The molecule has 2 rings (SSSR count). The van der Waals surface area contributed by atoms with Crippen molar-refractivity contribution in [3.63, 3.8) is 0 Å². The van der Waals surface area contributed by atoms with Gasteiger partial charge in [0.05, 0.1) is 12.8 Å². The Morgan fingerprint density at radius 1 is 1.24 bits per heavy atom. The summed E-state index contributed by atoms with van der Waals surface area (Å²) in [5, 5.41) is 3.45. The smallest absolute Gasteiger partial charge is 0.195 e. The van der Waals surface area contributed by atoms with Crippen molar-refractivity contribution in [3.8, 4) is 5.75 Å². The second-order valence-electron chi connectivity index (χ2n) is 4.24. The van der Waals surface area contributed by atoms with Gasteiger partial charge in [-0.3, -0.25) is 4.79 Å². The first-order valence-corrected chi connectivity index (χ1v) is 6.84. The first-order valence-electron chi connectivity index (χ1n) is 6.06. The summed E-state index contributed by atoms with van der Waals surface area (Å²) in [4.78, 5) is 12.6. The van der Waals surface area contributed by atoms with E-state index in [4.69, 9.17) is 34.3 Å². The van der Waals surface area contributed by atoms with Gasteiger partial charge in [0.1, 0.15) is 5.75 Å². The molecule has 3 N–H and O–H groups in total. The number of carbonyl (C=O) groups excluding carboxylic acids is 1. The molecule has 0 aliphatic carbocycles. The van der Waals surface area contributed by atoms with E-state index in [0.717, 1.165) is 0 Å². The van der Waals surface area contributed by atoms with E-state index in [9.17, 15) is 4.79 Å². The highest BCUT2D eigenvalue weighted by Gasteiger charge is 2.15. The molecule has 0 spiro atoms. The third kappa shape index (κ3) is 3.71. The number of nitrogens with two attached hydrogens (primary N) is 1. The van der Waals surface area contributed by atoms with Gasteiger partial charge in [0, 0.05) is 16.1 Å². The Bertz CT molecular complexity index is 687. The largest absolute Gasteiger partial charge is 0.497 e. The highest BCUT2D eigenvalue weighted by molar-refractivity contribution is 7.80. The monoisotopic (exact) mass is 320 g/mol. The number of ether oxygens (including phenoxy) is 1. The normalized spacial score (nSPS) is 10.0. The molecule has 6 heteroatoms. The van der Waals surface area contributed by atoms with Gasteiger partial charge >= 0.3 is 0 Å². The van der Waals surface area contributed by atoms with Gasteiger partial charge in [-0.2, -0.15) is 0 Å². The number of benzene rings is 2. The molecule has 0 fully saturated rings. The van der Waals surface area contributed by atoms with Gasteiger partial charge < -0.3 is 15.8 Å². The SMILES string of the molecule is COc1ccc(NC(N)=S)c(C(=O)c2ccc(Cl)cc2)c1. The van der Waals surface area contributed by atoms with Crippen LogP contribution in [0.25, 0.3) is 0 Å². The fraction of sp³-hybridized carbons (Fsp3) is 0.0667. The zero-order valence-corrected chi connectivity index (χ0v) is 12.8. The van der Waals surface area contributed by atoms with Crippen molar-refractivity contribution < 1.29 is 9.53 Å². The van der Waals surface area contributed by atoms with E-state index < -0.39 is 0 Å². The number of halogens is 1. The topological polar surface area (TPSA) is 64.3 Å². The van der Waals surface area contributed by atoms with E-state index >= 15 is 0 Å². The minimum atomic E-state index is -0.177. The van der Waals surface area contributed by atoms with Crippen LogP contribution in [0.4, 0.5) is 5.69 Å². The molecule has 0 bridgehead atoms. The van der Waals surface area contributed by atoms with Crippen LogP contribution in [0.5, 0.6) is 5.75 Å². The van der Waals surface area contributed by atoms with Crippen molar-refractivity contribution in [3.05, 3.63) is 58.6 Å². The minimum Gasteiger partial charge on any atom is -0.497 e. The number of ketones is 1. The molecule has 0 radical (unpaired) electrons. The summed E-state index contributed by atoms with van der Waals surface area (Å²) in [7, 11) is 1.53. The maximum atomic E-state index is 12.6. The summed E-state index contributed by atoms with van der Waals surface area (Å²) in [6.45, 7) is 0. The van der Waals surface area contributed by atoms with E-state index in [1.165, 1.54) is 7.11 Å². The van der Waals surface area contributed by atoms with Crippen molar-refractivity contribution >= 4 is 40.4 Å². The average molecular weight is 321 g/mol. The van der Waals surface area contributed by atoms with Crippen LogP contribution in [0.3, 0.4) is 0 Å². The Labute approximate surface area is 132 Å². The number of methoxy groups -OCH3 is 1. The molecule has 0 heterocycles. The van der Waals surface area contributed by atoms with Crippen LogP contribution in [0.1, 0.15) is 15.9 Å². The van der Waals surface area contributed by atoms with E-state index in [-0.39, 0.29) is 10.9 Å². The Kier molecular flexibility index (Phi) is 4.77. The third-order valence-electron chi connectivity index (χ3n) is 2.84. The lowest BCUT2D eigenvalue weighted by atomic mass is 10.0. The molecule has 2 aromatic rings. The van der Waals surface area contributed by atoms with Crippen LogP contribution in [0.2, 0.25) is 5.02 Å². The first-order chi connectivity index (χ1) is 10.0. The van der Waals surface area contributed by atoms with E-state index in [0.29, 0.717) is 27.6 Å². The van der Waals surface area contributed by atoms with Crippen LogP contribution in [0.15, 0.2) is 42.5 Å². The minimum absolute atomic E-state index is 0.0883. The average Bonchev–Trinajstić information content (AvgIpc) is 2.47. The van der Waals surface area contributed by atoms with Crippen molar-refractivity contribution in [1.29, 1.82) is 0 Å². The Balaban J connectivity index is 2.46. The summed E-state index contributed by atoms with van der Waals surface area (Å²) in [6, 6.07) is 11.7. The number of anilines is 1. The number of rotatable bonds is 4. The highest BCUT2D eigenvalue weighted by atomic mass is 35.5. The maximum Gasteiger partial charge on any atom is 0.195 e. The van der Waals surface area contributed by atoms with Gasteiger partial charge in [-0.25, -0.2) is 0 Å². The Morgan fingerprint density at radius 3 is 2.48 bits per heavy atom. The van der Waals surface area contributed by atoms with Gasteiger partial charge in [-0.1, -0.05) is 11.6 Å². The molecule has 0 atom stereocenters. The molecular formula is C15H13ClN2O2S. The lowest BCUT2D eigenvalue weighted by Crippen LogP contribution is -2.20. The summed E-state index contributed by atoms with van der Waals surface area (Å²) in [5.41, 5.74) is 6.95. The fourth-order valence-electron chi connectivity index (χ4n) is 1.84. The van der Waals surface area contributed by atoms with E-state index in [1.807, 2.05) is 0 Å². The van der Waals surface area contributed by atoms with Gasteiger partial charge in [-0.05, 0) is 54.7 Å². The standard InChI is InChI=1S/C15H13ClN2O2S/c1-20-11-6-7-13(18-15(17)21)12(8-11)14(19)9-2-4-10(16)5-3-9/h2-8H,1H3,(H3,17,18,21). The molecule has 2 aromatic carbocycles. The fourth-order valence-corrected chi connectivity index (χ4v) is 2.07. The Hall–Kier alpha value is -2.11. The van der Waals surface area contributed by atoms with E-state index in [1.54, 1.807) is 42.5 Å². The van der Waals surface area contributed by atoms with Crippen LogP contribution in [0, 0.1) is 0 Å². The number of nitrogens with one attached hydrogen (secondary N) is 1. The molecule has 0 saturated heterocycles. The van der Waals surface area contributed by atoms with Crippen LogP contribution < -0.4 is 15.8 Å². The van der Waals surface area contributed by atoms with Gasteiger partial charge in [0.2, 0.25) is 0 Å². The van der Waals surface area contributed by atoms with Crippen molar-refractivity contribution in [2.75, 3.05) is 12.4 Å². The van der Waals surface area contributed by atoms with Gasteiger partial charge in [-0.15, -0.1) is 0 Å². The van der Waals surface area contributed by atoms with Crippen LogP contribution in [-0.4, -0.2) is 18.0 Å². The summed E-state index contributed by atoms with van der Waals surface area (Å²) >= 11 is 10.7. The first kappa shape index (κ1) is 15.3. The highest BCUT2D eigenvalue weighted by Crippen LogP contribution is 2.25. The lowest BCUT2D eigenvalue weighted by Gasteiger charge is -2.12. The zero-order chi connectivity index (χ0) is 15.4. The number of hydrogen-bond acceptors (Lipinski definition) is 3. The molecule has 0 amide bonds. The number of thiocarbonyl (C=S) groups is 1. The molecule has 0 saturated carbocycles. The summed E-state index contributed by atoms with van der Waals surface area (Å²) < 4.78 is 5.15. The van der Waals surface area contributed by atoms with Crippen molar-refractivity contribution in [1.82, 2.24) is 0 Å². The molecule has 0 aliphatic heterocycles. The second kappa shape index (κ2) is 6.56. The van der Waals surface area contributed by atoms with Crippen LogP contribution in [-0.2, 0) is 0 Å². The quantitative estimate of drug-likeness (QED) is 0.669. The van der Waals surface area contributed by atoms with Crippen LogP contribution >= 0.6 is 23.8 Å². The molecule has 4 nitrogen and oxygen atoms in total. The van der Waals surface area contributed by atoms with Gasteiger partial charge in [0.25, 0.3) is 0 Å². The molecule has 0 aliphatic rings. The summed E-state index contributed by atoms with van der Waals surface area (Å²) in [6.07, 6.45) is 0. The molecular weight excluding hydrogens is 308 g/mol. The maximum absolute atomic E-state index is 12.6. The van der Waals surface area contributed by atoms with Crippen molar-refractivity contribution in [2.24, 2.45) is 5.73 Å². The summed E-state index contributed by atoms with van der Waals surface area (Å²) in [5.74, 6) is 0.394. The van der Waals surface area contributed by atoms with E-state index in [2.05, 4.69) is 5.32 Å². The predicted octanol–water partition coefficient (Wildman–Crippen LogP) is 3.24. The lowest BCUT2D eigenvalue weighted by molar-refractivity contribution is 0.103. The Morgan fingerprint density at radius 2 is 1.90 bits per heavy atom. The third-order valence-corrected chi connectivity index (χ3v) is 3.19. The van der Waals surface area contributed by atoms with Crippen molar-refractivity contribution in [2.45, 2.75) is 0 Å². The molecule has 21 heavy (non-hydrogen) atoms. The predicted molar refractivity (Wildman–Crippen MR) is 88.3 cm³/mol. The molecule has 0 aromatic heterocycles. The zero-order valence-electron chi connectivity index (χ0n) is 11.2. The van der Waals surface area contributed by atoms with Gasteiger partial charge in [0.15, 0.2) is 10.9 Å². The number of hydrogen-bond donors (Lipinski definition) is 2.